The van der Waals surface area contributed by atoms with Gasteiger partial charge in [0.05, 0.1) is 24.1 Å². The minimum Gasteiger partial charge on any atom is -0.326 e. The molecule has 5 rings (SSSR count). The van der Waals surface area contributed by atoms with Gasteiger partial charge in [-0.1, -0.05) is 56.3 Å². The van der Waals surface area contributed by atoms with Crippen LogP contribution in [0.1, 0.15) is 26.3 Å². The van der Waals surface area contributed by atoms with Crippen molar-refractivity contribution in [2.45, 2.75) is 33.9 Å². The van der Waals surface area contributed by atoms with E-state index in [-0.39, 0.29) is 11.8 Å². The number of nitrogens with one attached hydrogen (secondary N) is 2. The fourth-order valence-corrected chi connectivity index (χ4v) is 4.66. The number of aromatic amines is 1. The molecule has 0 fully saturated rings. The van der Waals surface area contributed by atoms with Crippen LogP contribution in [0.15, 0.2) is 70.4 Å². The monoisotopic (exact) mass is 511 g/mol. The van der Waals surface area contributed by atoms with Gasteiger partial charge in [-0.3, -0.25) is 28.5 Å². The number of fused-ring (bicyclic) bond motifs is 1. The van der Waals surface area contributed by atoms with Gasteiger partial charge in [-0.25, -0.2) is 4.79 Å². The molecule has 10 heteroatoms. The number of hydrogen-bond acceptors (Lipinski definition) is 5. The predicted octanol–water partition coefficient (Wildman–Crippen LogP) is 3.62. The Bertz CT molecular complexity index is 1740. The Hall–Kier alpha value is -4.73. The molecule has 3 aromatic heterocycles. The summed E-state index contributed by atoms with van der Waals surface area (Å²) in [5.41, 5.74) is 4.21. The average molecular weight is 512 g/mol. The van der Waals surface area contributed by atoms with Crippen molar-refractivity contribution < 1.29 is 4.79 Å². The lowest BCUT2D eigenvalue weighted by molar-refractivity contribution is -0.114. The van der Waals surface area contributed by atoms with Crippen LogP contribution < -0.4 is 16.6 Å². The molecule has 1 amide bonds. The second-order valence-corrected chi connectivity index (χ2v) is 9.75. The van der Waals surface area contributed by atoms with Gasteiger partial charge in [0, 0.05) is 37.3 Å². The van der Waals surface area contributed by atoms with E-state index < -0.39 is 11.2 Å². The lowest BCUT2D eigenvalue weighted by Crippen LogP contribution is -2.38. The third kappa shape index (κ3) is 4.56. The van der Waals surface area contributed by atoms with E-state index in [1.54, 1.807) is 27.6 Å². The van der Waals surface area contributed by atoms with Crippen molar-refractivity contribution in [3.05, 3.63) is 87.2 Å². The van der Waals surface area contributed by atoms with Crippen molar-refractivity contribution in [3.8, 4) is 22.5 Å². The zero-order valence-corrected chi connectivity index (χ0v) is 21.7. The van der Waals surface area contributed by atoms with Crippen molar-refractivity contribution in [1.82, 2.24) is 29.1 Å². The highest BCUT2D eigenvalue weighted by Crippen LogP contribution is 2.30. The van der Waals surface area contributed by atoms with E-state index >= 15 is 0 Å². The molecule has 5 aromatic rings. The van der Waals surface area contributed by atoms with Gasteiger partial charge in [0.1, 0.15) is 5.39 Å². The number of benzene rings is 2. The van der Waals surface area contributed by atoms with Gasteiger partial charge in [-0.15, -0.1) is 0 Å². The minimum absolute atomic E-state index is 0.164. The SMILES string of the molecule is CC(=O)Nc1ccc(-c2c3c(=O)n(C)c(=O)n(CC(C)C)c3nn2Cc2cn[nH]c2-c2ccccc2)cc1. The van der Waals surface area contributed by atoms with Crippen molar-refractivity contribution in [2.24, 2.45) is 13.0 Å². The molecule has 194 valence electrons. The van der Waals surface area contributed by atoms with Crippen LogP contribution >= 0.6 is 0 Å². The van der Waals surface area contributed by atoms with Gasteiger partial charge in [-0.05, 0) is 23.6 Å². The Labute approximate surface area is 218 Å². The molecule has 0 aliphatic carbocycles. The standard InChI is InChI=1S/C28H29N7O3/c1-17(2)15-34-26-23(27(37)33(4)28(34)38)25(20-10-12-22(13-11-20)30-18(3)36)35(32-26)16-21-14-29-31-24(21)19-8-6-5-7-9-19/h5-14,17H,15-16H2,1-4H3,(H,29,31)(H,30,36). The molecule has 0 saturated carbocycles. The van der Waals surface area contributed by atoms with Crippen LogP contribution in [0.2, 0.25) is 0 Å². The first kappa shape index (κ1) is 24.9. The molecule has 0 atom stereocenters. The van der Waals surface area contributed by atoms with Gasteiger partial charge in [-0.2, -0.15) is 10.2 Å². The van der Waals surface area contributed by atoms with Crippen LogP contribution in [0, 0.1) is 5.92 Å². The third-order valence-corrected chi connectivity index (χ3v) is 6.35. The second kappa shape index (κ2) is 9.97. The summed E-state index contributed by atoms with van der Waals surface area (Å²) < 4.78 is 4.47. The molecule has 0 spiro atoms. The van der Waals surface area contributed by atoms with E-state index in [9.17, 15) is 14.4 Å². The summed E-state index contributed by atoms with van der Waals surface area (Å²) in [6, 6.07) is 17.1. The van der Waals surface area contributed by atoms with Gasteiger partial charge in [0.25, 0.3) is 5.56 Å². The molecule has 3 heterocycles. The van der Waals surface area contributed by atoms with Crippen molar-refractivity contribution in [1.29, 1.82) is 0 Å². The summed E-state index contributed by atoms with van der Waals surface area (Å²) in [4.78, 5) is 38.2. The van der Waals surface area contributed by atoms with Crippen molar-refractivity contribution >= 4 is 22.6 Å². The molecule has 0 radical (unpaired) electrons. The molecular formula is C28H29N7O3. The van der Waals surface area contributed by atoms with Crippen LogP contribution in [0.4, 0.5) is 5.69 Å². The Balaban J connectivity index is 1.75. The largest absolute Gasteiger partial charge is 0.332 e. The number of rotatable bonds is 7. The lowest BCUT2D eigenvalue weighted by Gasteiger charge is -2.11. The summed E-state index contributed by atoms with van der Waals surface area (Å²) >= 11 is 0. The highest BCUT2D eigenvalue weighted by molar-refractivity contribution is 5.92. The fourth-order valence-electron chi connectivity index (χ4n) is 4.66. The average Bonchev–Trinajstić information content (AvgIpc) is 3.51. The summed E-state index contributed by atoms with van der Waals surface area (Å²) in [6.07, 6.45) is 1.75. The fraction of sp³-hybridized carbons (Fsp3) is 0.250. The highest BCUT2D eigenvalue weighted by atomic mass is 16.2. The lowest BCUT2D eigenvalue weighted by atomic mass is 10.1. The van der Waals surface area contributed by atoms with Gasteiger partial charge in [0.15, 0.2) is 5.65 Å². The molecule has 2 N–H and O–H groups in total. The number of anilines is 1. The zero-order chi connectivity index (χ0) is 27.0. The third-order valence-electron chi connectivity index (χ3n) is 6.35. The molecular weight excluding hydrogens is 482 g/mol. The smallest absolute Gasteiger partial charge is 0.326 e. The minimum atomic E-state index is -0.410. The van der Waals surface area contributed by atoms with Crippen LogP contribution in [0.25, 0.3) is 33.5 Å². The molecule has 0 unspecified atom stereocenters. The topological polar surface area (TPSA) is 120 Å². The van der Waals surface area contributed by atoms with E-state index in [2.05, 4.69) is 15.5 Å². The Morgan fingerprint density at radius 1 is 1.03 bits per heavy atom. The summed E-state index contributed by atoms with van der Waals surface area (Å²) in [6.45, 7) is 6.21. The van der Waals surface area contributed by atoms with E-state index in [4.69, 9.17) is 5.10 Å². The number of nitrogens with zero attached hydrogens (tertiary/aromatic N) is 5. The second-order valence-electron chi connectivity index (χ2n) is 9.75. The number of H-pyrrole nitrogens is 1. The van der Waals surface area contributed by atoms with Gasteiger partial charge >= 0.3 is 5.69 Å². The van der Waals surface area contributed by atoms with Crippen LogP contribution in [0.5, 0.6) is 0 Å². The number of carbonyl (C=O) groups excluding carboxylic acids is 1. The van der Waals surface area contributed by atoms with E-state index in [0.29, 0.717) is 35.5 Å². The maximum Gasteiger partial charge on any atom is 0.332 e. The van der Waals surface area contributed by atoms with E-state index in [1.807, 2.05) is 56.3 Å². The molecule has 2 aromatic carbocycles. The van der Waals surface area contributed by atoms with E-state index in [1.165, 1.54) is 14.0 Å². The predicted molar refractivity (Wildman–Crippen MR) is 147 cm³/mol. The number of aromatic nitrogens is 6. The quantitative estimate of drug-likeness (QED) is 0.346. The van der Waals surface area contributed by atoms with Crippen molar-refractivity contribution in [2.75, 3.05) is 5.32 Å². The highest BCUT2D eigenvalue weighted by Gasteiger charge is 2.23. The Morgan fingerprint density at radius 2 is 1.74 bits per heavy atom. The number of amides is 1. The molecule has 0 aliphatic heterocycles. The van der Waals surface area contributed by atoms with Gasteiger partial charge in [0.2, 0.25) is 5.91 Å². The molecule has 0 aliphatic rings. The van der Waals surface area contributed by atoms with Crippen molar-refractivity contribution in [3.63, 3.8) is 0 Å². The summed E-state index contributed by atoms with van der Waals surface area (Å²) in [5, 5.41) is 15.3. The zero-order valence-electron chi connectivity index (χ0n) is 21.7. The molecule has 0 saturated heterocycles. The first-order chi connectivity index (χ1) is 18.2. The van der Waals surface area contributed by atoms with Crippen LogP contribution in [-0.2, 0) is 24.9 Å². The normalized spacial score (nSPS) is 11.4. The Morgan fingerprint density at radius 3 is 2.39 bits per heavy atom. The van der Waals surface area contributed by atoms with Crippen LogP contribution in [-0.4, -0.2) is 35.0 Å². The molecule has 10 nitrogen and oxygen atoms in total. The number of hydrogen-bond donors (Lipinski definition) is 2. The maximum absolute atomic E-state index is 13.5. The van der Waals surface area contributed by atoms with Crippen LogP contribution in [0.3, 0.4) is 0 Å². The number of carbonyl (C=O) groups is 1. The Kier molecular flexibility index (Phi) is 6.54. The first-order valence-electron chi connectivity index (χ1n) is 12.4. The summed E-state index contributed by atoms with van der Waals surface area (Å²) in [5.74, 6) is -0.00860. The molecule has 0 bridgehead atoms. The maximum atomic E-state index is 13.5. The van der Waals surface area contributed by atoms with Gasteiger partial charge < -0.3 is 5.32 Å². The summed E-state index contributed by atoms with van der Waals surface area (Å²) in [7, 11) is 1.49. The first-order valence-corrected chi connectivity index (χ1v) is 12.4. The van der Waals surface area contributed by atoms with E-state index in [0.717, 1.165) is 27.0 Å². The molecule has 38 heavy (non-hydrogen) atoms.